The lowest BCUT2D eigenvalue weighted by atomic mass is 9.44. The van der Waals surface area contributed by atoms with E-state index in [1.807, 2.05) is 0 Å². The lowest BCUT2D eigenvalue weighted by molar-refractivity contribution is -0.514. The van der Waals surface area contributed by atoms with Crippen LogP contribution in [0.15, 0.2) is 0 Å². The molecule has 4 heteroatoms. The number of carbonyl (C=O) groups is 1. The molecule has 0 aromatic heterocycles. The predicted molar refractivity (Wildman–Crippen MR) is 124 cm³/mol. The number of hydrogen-bond donors (Lipinski definition) is 0. The summed E-state index contributed by atoms with van der Waals surface area (Å²) in [5.41, 5.74) is 0.436. The molecule has 0 heterocycles. The van der Waals surface area contributed by atoms with Gasteiger partial charge in [0.2, 0.25) is 5.78 Å². The molecule has 9 atom stereocenters. The van der Waals surface area contributed by atoms with Gasteiger partial charge in [-0.15, -0.1) is 0 Å². The van der Waals surface area contributed by atoms with E-state index < -0.39 is 6.04 Å². The summed E-state index contributed by atoms with van der Waals surface area (Å²) in [6.07, 6.45) is 12.6. The van der Waals surface area contributed by atoms with Gasteiger partial charge >= 0.3 is 0 Å². The van der Waals surface area contributed by atoms with Gasteiger partial charge in [-0.25, -0.2) is 0 Å². The van der Waals surface area contributed by atoms with Crippen LogP contribution in [0.4, 0.5) is 0 Å². The summed E-state index contributed by atoms with van der Waals surface area (Å²) in [6, 6.07) is -0.953. The topological polar surface area (TPSA) is 60.2 Å². The minimum atomic E-state index is -0.953. The molecule has 4 saturated carbocycles. The SMILES string of the molecule is CC(C)CCC[C@@H](C)[C@@H]1CC[C@@H]2[C@@H]3CC[C@H]4CC(=O)[C@H]([N+](=O)[O-])C[C@]4(C)[C@H]3CC[C@@]21C. The minimum Gasteiger partial charge on any atom is -0.292 e. The van der Waals surface area contributed by atoms with Crippen molar-refractivity contribution >= 4 is 5.78 Å². The molecule has 0 aliphatic heterocycles. The zero-order valence-electron chi connectivity index (χ0n) is 20.6. The van der Waals surface area contributed by atoms with Gasteiger partial charge in [0.05, 0.1) is 0 Å². The Bertz CT molecular complexity index is 705. The van der Waals surface area contributed by atoms with Crippen LogP contribution < -0.4 is 0 Å². The van der Waals surface area contributed by atoms with Crippen LogP contribution in [0.5, 0.6) is 0 Å². The third-order valence-corrected chi connectivity index (χ3v) is 11.0. The minimum absolute atomic E-state index is 0.0170. The van der Waals surface area contributed by atoms with Gasteiger partial charge in [0.1, 0.15) is 0 Å². The standard InChI is InChI=1S/C27H45NO3/c1-17(2)7-6-8-18(3)21-11-12-22-20-10-9-19-15-25(29)24(28(30)31)16-27(19,5)23(20)13-14-26(21,22)4/h17-24H,6-16H2,1-5H3/t18-,19+,20+,21+,22-,23+,24-,26-,27+/m1/s1. The van der Waals surface area contributed by atoms with Crippen LogP contribution in [-0.2, 0) is 4.79 Å². The van der Waals surface area contributed by atoms with E-state index in [-0.39, 0.29) is 16.1 Å². The summed E-state index contributed by atoms with van der Waals surface area (Å²) in [5, 5.41) is 11.6. The fourth-order valence-electron chi connectivity index (χ4n) is 9.31. The maximum absolute atomic E-state index is 12.4. The molecule has 4 rings (SSSR count). The highest BCUT2D eigenvalue weighted by atomic mass is 16.6. The number of nitro groups is 1. The first-order valence-corrected chi connectivity index (χ1v) is 13.2. The number of Topliss-reactive ketones (excluding diaryl/α,β-unsaturated/α-hetero) is 1. The van der Waals surface area contributed by atoms with Crippen LogP contribution in [0.3, 0.4) is 0 Å². The zero-order chi connectivity index (χ0) is 22.6. The predicted octanol–water partition coefficient (Wildman–Crippen LogP) is 6.93. The van der Waals surface area contributed by atoms with E-state index in [0.717, 1.165) is 30.1 Å². The van der Waals surface area contributed by atoms with Crippen molar-refractivity contribution in [3.05, 3.63) is 10.1 Å². The molecular formula is C27H45NO3. The molecule has 0 N–H and O–H groups in total. The van der Waals surface area contributed by atoms with Crippen LogP contribution in [0, 0.1) is 62.4 Å². The third kappa shape index (κ3) is 3.88. The molecule has 176 valence electrons. The monoisotopic (exact) mass is 431 g/mol. The average Bonchev–Trinajstić information content (AvgIpc) is 3.05. The second kappa shape index (κ2) is 8.45. The van der Waals surface area contributed by atoms with E-state index in [1.54, 1.807) is 0 Å². The van der Waals surface area contributed by atoms with Gasteiger partial charge in [-0.1, -0.05) is 53.9 Å². The number of ketones is 1. The van der Waals surface area contributed by atoms with E-state index in [1.165, 1.54) is 51.4 Å². The lowest BCUT2D eigenvalue weighted by Gasteiger charge is -2.60. The van der Waals surface area contributed by atoms with Crippen molar-refractivity contribution in [3.8, 4) is 0 Å². The zero-order valence-corrected chi connectivity index (χ0v) is 20.6. The molecule has 0 aromatic carbocycles. The molecule has 4 aliphatic carbocycles. The summed E-state index contributed by atoms with van der Waals surface area (Å²) in [6.45, 7) is 12.1. The first kappa shape index (κ1) is 23.2. The summed E-state index contributed by atoms with van der Waals surface area (Å²) < 4.78 is 0. The largest absolute Gasteiger partial charge is 0.292 e. The van der Waals surface area contributed by atoms with Crippen LogP contribution >= 0.6 is 0 Å². The van der Waals surface area contributed by atoms with Crippen molar-refractivity contribution in [2.75, 3.05) is 0 Å². The van der Waals surface area contributed by atoms with Gasteiger partial charge in [-0.2, -0.15) is 0 Å². The van der Waals surface area contributed by atoms with Gasteiger partial charge in [0, 0.05) is 17.8 Å². The quantitative estimate of drug-likeness (QED) is 0.338. The van der Waals surface area contributed by atoms with E-state index in [4.69, 9.17) is 0 Å². The summed E-state index contributed by atoms with van der Waals surface area (Å²) in [7, 11) is 0. The van der Waals surface area contributed by atoms with Crippen molar-refractivity contribution in [3.63, 3.8) is 0 Å². The number of fused-ring (bicyclic) bond motifs is 5. The highest BCUT2D eigenvalue weighted by Gasteiger charge is 2.62. The van der Waals surface area contributed by atoms with Crippen molar-refractivity contribution in [1.82, 2.24) is 0 Å². The molecule has 4 nitrogen and oxygen atoms in total. The maximum Gasteiger partial charge on any atom is 0.270 e. The van der Waals surface area contributed by atoms with Gasteiger partial charge in [-0.05, 0) is 90.8 Å². The number of hydrogen-bond acceptors (Lipinski definition) is 3. The van der Waals surface area contributed by atoms with E-state index >= 15 is 0 Å². The van der Waals surface area contributed by atoms with Gasteiger partial charge in [0.25, 0.3) is 6.04 Å². The van der Waals surface area contributed by atoms with Crippen molar-refractivity contribution < 1.29 is 9.72 Å². The number of rotatable bonds is 6. The molecule has 4 fully saturated rings. The van der Waals surface area contributed by atoms with Crippen molar-refractivity contribution in [2.24, 2.45) is 52.3 Å². The maximum atomic E-state index is 12.4. The molecule has 0 amide bonds. The van der Waals surface area contributed by atoms with Crippen LogP contribution in [0.1, 0.15) is 105 Å². The van der Waals surface area contributed by atoms with Crippen LogP contribution in [-0.4, -0.2) is 16.7 Å². The number of nitrogens with zero attached hydrogens (tertiary/aromatic N) is 1. The first-order valence-electron chi connectivity index (χ1n) is 13.2. The smallest absolute Gasteiger partial charge is 0.270 e. The first-order chi connectivity index (χ1) is 14.6. The Hall–Kier alpha value is -0.930. The highest BCUT2D eigenvalue weighted by molar-refractivity contribution is 5.84. The lowest BCUT2D eigenvalue weighted by Crippen LogP contribution is -2.57. The molecule has 0 bridgehead atoms. The molecule has 0 saturated heterocycles. The van der Waals surface area contributed by atoms with E-state index in [2.05, 4.69) is 34.6 Å². The second-order valence-electron chi connectivity index (χ2n) is 12.9. The molecular weight excluding hydrogens is 386 g/mol. The summed E-state index contributed by atoms with van der Waals surface area (Å²) in [5.74, 6) is 4.79. The Balaban J connectivity index is 1.50. The molecule has 0 spiro atoms. The highest BCUT2D eigenvalue weighted by Crippen LogP contribution is 2.68. The Morgan fingerprint density at radius 1 is 1.00 bits per heavy atom. The van der Waals surface area contributed by atoms with Crippen molar-refractivity contribution in [2.45, 2.75) is 111 Å². The second-order valence-corrected chi connectivity index (χ2v) is 12.9. The van der Waals surface area contributed by atoms with Gasteiger partial charge < -0.3 is 0 Å². The molecule has 0 aromatic rings. The van der Waals surface area contributed by atoms with Crippen LogP contribution in [0.25, 0.3) is 0 Å². The van der Waals surface area contributed by atoms with Gasteiger partial charge in [0.15, 0.2) is 0 Å². The van der Waals surface area contributed by atoms with E-state index in [9.17, 15) is 14.9 Å². The molecule has 0 unspecified atom stereocenters. The van der Waals surface area contributed by atoms with Crippen molar-refractivity contribution in [1.29, 1.82) is 0 Å². The van der Waals surface area contributed by atoms with Gasteiger partial charge in [-0.3, -0.25) is 14.9 Å². The average molecular weight is 432 g/mol. The molecule has 31 heavy (non-hydrogen) atoms. The Morgan fingerprint density at radius 2 is 1.71 bits per heavy atom. The Kier molecular flexibility index (Phi) is 6.33. The van der Waals surface area contributed by atoms with E-state index in [0.29, 0.717) is 36.0 Å². The molecule has 0 radical (unpaired) electrons. The summed E-state index contributed by atoms with van der Waals surface area (Å²) >= 11 is 0. The summed E-state index contributed by atoms with van der Waals surface area (Å²) in [4.78, 5) is 23.8. The Morgan fingerprint density at radius 3 is 2.39 bits per heavy atom. The van der Waals surface area contributed by atoms with Crippen LogP contribution in [0.2, 0.25) is 0 Å². The third-order valence-electron chi connectivity index (χ3n) is 11.0. The normalized spacial score (nSPS) is 45.7. The number of carbonyl (C=O) groups excluding carboxylic acids is 1. The fraction of sp³-hybridized carbons (Fsp3) is 0.963. The fourth-order valence-corrected chi connectivity index (χ4v) is 9.31. The molecule has 4 aliphatic rings. The Labute approximate surface area is 189 Å².